The zero-order valence-corrected chi connectivity index (χ0v) is 14.3. The van der Waals surface area contributed by atoms with Crippen molar-refractivity contribution in [1.29, 1.82) is 0 Å². The number of hydrogen-bond donors (Lipinski definition) is 1. The standard InChI is InChI=1S/C16H18N2O6S/c19-14-16(6-2-1-3-7-16)18(8-9-23-14)25(21,22)11-4-5-12-13(10-11)24-15(20)17-12/h4-5,10H,1-3,6-9H2,(H,17,20). The van der Waals surface area contributed by atoms with Crippen LogP contribution in [0.4, 0.5) is 0 Å². The Balaban J connectivity index is 1.81. The monoisotopic (exact) mass is 366 g/mol. The average molecular weight is 366 g/mol. The number of morpholine rings is 1. The zero-order valence-electron chi connectivity index (χ0n) is 13.5. The molecule has 4 rings (SSSR count). The van der Waals surface area contributed by atoms with Crippen LogP contribution >= 0.6 is 0 Å². The van der Waals surface area contributed by atoms with Gasteiger partial charge < -0.3 is 9.15 Å². The van der Waals surface area contributed by atoms with E-state index in [-0.39, 0.29) is 23.6 Å². The SMILES string of the molecule is O=C1OCCN(S(=O)(=O)c2ccc3[nH]c(=O)oc3c2)C12CCCCC2. The van der Waals surface area contributed by atoms with Crippen LogP contribution in [0.25, 0.3) is 11.1 Å². The van der Waals surface area contributed by atoms with Crippen LogP contribution in [0.1, 0.15) is 32.1 Å². The van der Waals surface area contributed by atoms with Crippen molar-refractivity contribution in [2.75, 3.05) is 13.2 Å². The summed E-state index contributed by atoms with van der Waals surface area (Å²) in [4.78, 5) is 26.3. The second-order valence-corrected chi connectivity index (χ2v) is 8.34. The lowest BCUT2D eigenvalue weighted by atomic mass is 9.81. The van der Waals surface area contributed by atoms with Crippen LogP contribution < -0.4 is 5.76 Å². The minimum absolute atomic E-state index is 0.00222. The summed E-state index contributed by atoms with van der Waals surface area (Å²) in [5.41, 5.74) is -0.527. The molecule has 1 aromatic carbocycles. The quantitative estimate of drug-likeness (QED) is 0.804. The number of fused-ring (bicyclic) bond motifs is 1. The van der Waals surface area contributed by atoms with Gasteiger partial charge in [0.2, 0.25) is 10.0 Å². The number of carbonyl (C=O) groups excluding carboxylic acids is 1. The van der Waals surface area contributed by atoms with Crippen LogP contribution in [0.5, 0.6) is 0 Å². The number of aromatic nitrogens is 1. The first kappa shape index (κ1) is 16.3. The first-order chi connectivity index (χ1) is 11.9. The summed E-state index contributed by atoms with van der Waals surface area (Å²) in [5, 5.41) is 0. The summed E-state index contributed by atoms with van der Waals surface area (Å²) in [6.45, 7) is 0.171. The first-order valence-corrected chi connectivity index (χ1v) is 9.70. The van der Waals surface area contributed by atoms with Crippen LogP contribution in [-0.4, -0.2) is 42.4 Å². The molecule has 0 atom stereocenters. The van der Waals surface area contributed by atoms with Gasteiger partial charge in [0, 0.05) is 12.6 Å². The molecule has 1 aromatic heterocycles. The Morgan fingerprint density at radius 1 is 1.12 bits per heavy atom. The van der Waals surface area contributed by atoms with E-state index in [0.717, 1.165) is 19.3 Å². The summed E-state index contributed by atoms with van der Waals surface area (Å²) in [6, 6.07) is 4.22. The number of H-pyrrole nitrogens is 1. The number of nitrogens with one attached hydrogen (secondary N) is 1. The Morgan fingerprint density at radius 3 is 2.64 bits per heavy atom. The Bertz CT molecular complexity index is 983. The van der Waals surface area contributed by atoms with Crippen LogP contribution in [-0.2, 0) is 19.6 Å². The molecular weight excluding hydrogens is 348 g/mol. The number of benzene rings is 1. The van der Waals surface area contributed by atoms with Crippen molar-refractivity contribution in [3.8, 4) is 0 Å². The minimum atomic E-state index is -3.93. The van der Waals surface area contributed by atoms with Gasteiger partial charge in [0.25, 0.3) is 0 Å². The van der Waals surface area contributed by atoms with Crippen molar-refractivity contribution >= 4 is 27.1 Å². The van der Waals surface area contributed by atoms with Crippen LogP contribution in [0, 0.1) is 0 Å². The Labute approximate surface area is 143 Å². The third kappa shape index (κ3) is 2.49. The number of nitrogens with zero attached hydrogens (tertiary/aromatic N) is 1. The topological polar surface area (TPSA) is 110 Å². The van der Waals surface area contributed by atoms with Gasteiger partial charge in [0.1, 0.15) is 12.1 Å². The van der Waals surface area contributed by atoms with Gasteiger partial charge in [0.05, 0.1) is 10.4 Å². The molecule has 1 spiro atoms. The molecule has 2 fully saturated rings. The number of aromatic amines is 1. The Morgan fingerprint density at radius 2 is 1.88 bits per heavy atom. The molecule has 0 unspecified atom stereocenters. The molecule has 25 heavy (non-hydrogen) atoms. The van der Waals surface area contributed by atoms with Gasteiger partial charge in [-0.2, -0.15) is 4.31 Å². The fraction of sp³-hybridized carbons (Fsp3) is 0.500. The third-order valence-electron chi connectivity index (χ3n) is 5.05. The first-order valence-electron chi connectivity index (χ1n) is 8.26. The van der Waals surface area contributed by atoms with E-state index in [1.165, 1.54) is 22.5 Å². The molecule has 0 amide bonds. The van der Waals surface area contributed by atoms with E-state index in [1.807, 2.05) is 0 Å². The van der Waals surface area contributed by atoms with Crippen molar-refractivity contribution in [3.63, 3.8) is 0 Å². The van der Waals surface area contributed by atoms with Crippen molar-refractivity contribution in [1.82, 2.24) is 9.29 Å². The van der Waals surface area contributed by atoms with Gasteiger partial charge in [-0.15, -0.1) is 0 Å². The van der Waals surface area contributed by atoms with E-state index in [1.54, 1.807) is 0 Å². The van der Waals surface area contributed by atoms with Crippen LogP contribution in [0.2, 0.25) is 0 Å². The number of sulfonamides is 1. The number of carbonyl (C=O) groups is 1. The fourth-order valence-corrected chi connectivity index (χ4v) is 5.61. The smallest absolute Gasteiger partial charge is 0.417 e. The molecule has 1 aliphatic heterocycles. The molecule has 134 valence electrons. The molecular formula is C16H18N2O6S. The molecule has 0 radical (unpaired) electrons. The maximum absolute atomic E-state index is 13.2. The molecule has 2 aromatic rings. The van der Waals surface area contributed by atoms with Gasteiger partial charge in [-0.25, -0.2) is 13.2 Å². The second-order valence-electron chi connectivity index (χ2n) is 6.48. The van der Waals surface area contributed by atoms with E-state index >= 15 is 0 Å². The van der Waals surface area contributed by atoms with E-state index in [2.05, 4.69) is 4.98 Å². The van der Waals surface area contributed by atoms with Gasteiger partial charge in [0.15, 0.2) is 5.58 Å². The number of rotatable bonds is 2. The fourth-order valence-electron chi connectivity index (χ4n) is 3.83. The van der Waals surface area contributed by atoms with Gasteiger partial charge in [-0.05, 0) is 25.0 Å². The predicted octanol–water partition coefficient (Wildman–Crippen LogP) is 1.37. The Kier molecular flexibility index (Phi) is 3.73. The molecule has 1 saturated carbocycles. The number of cyclic esters (lactones) is 1. The number of esters is 1. The maximum atomic E-state index is 13.2. The minimum Gasteiger partial charge on any atom is -0.463 e. The van der Waals surface area contributed by atoms with Crippen molar-refractivity contribution < 1.29 is 22.4 Å². The van der Waals surface area contributed by atoms with E-state index < -0.39 is 27.3 Å². The maximum Gasteiger partial charge on any atom is 0.417 e. The van der Waals surface area contributed by atoms with Gasteiger partial charge in [-0.1, -0.05) is 19.3 Å². The summed E-state index contributed by atoms with van der Waals surface area (Å²) in [5.74, 6) is -1.11. The molecule has 0 bridgehead atoms. The lowest BCUT2D eigenvalue weighted by Gasteiger charge is -2.45. The highest BCUT2D eigenvalue weighted by Gasteiger charge is 2.53. The predicted molar refractivity (Wildman–Crippen MR) is 87.5 cm³/mol. The highest BCUT2D eigenvalue weighted by atomic mass is 32.2. The highest BCUT2D eigenvalue weighted by molar-refractivity contribution is 7.89. The van der Waals surface area contributed by atoms with Crippen molar-refractivity contribution in [2.45, 2.75) is 42.5 Å². The molecule has 2 aliphatic rings. The lowest BCUT2D eigenvalue weighted by molar-refractivity contribution is -0.165. The number of oxazole rings is 1. The zero-order chi connectivity index (χ0) is 17.7. The molecule has 1 saturated heterocycles. The molecule has 2 heterocycles. The van der Waals surface area contributed by atoms with Crippen LogP contribution in [0.3, 0.4) is 0 Å². The second kappa shape index (κ2) is 5.70. The third-order valence-corrected chi connectivity index (χ3v) is 7.01. The van der Waals surface area contributed by atoms with Crippen molar-refractivity contribution in [2.24, 2.45) is 0 Å². The van der Waals surface area contributed by atoms with E-state index in [0.29, 0.717) is 18.4 Å². The number of ether oxygens (including phenoxy) is 1. The van der Waals surface area contributed by atoms with E-state index in [9.17, 15) is 18.0 Å². The molecule has 8 nitrogen and oxygen atoms in total. The van der Waals surface area contributed by atoms with Crippen molar-refractivity contribution in [3.05, 3.63) is 28.7 Å². The highest BCUT2D eigenvalue weighted by Crippen LogP contribution is 2.40. The summed E-state index contributed by atoms with van der Waals surface area (Å²) >= 11 is 0. The summed E-state index contributed by atoms with van der Waals surface area (Å²) in [7, 11) is -3.93. The van der Waals surface area contributed by atoms with Crippen LogP contribution in [0.15, 0.2) is 32.3 Å². The number of hydrogen-bond acceptors (Lipinski definition) is 6. The van der Waals surface area contributed by atoms with Gasteiger partial charge in [-0.3, -0.25) is 9.78 Å². The normalized spacial score (nSPS) is 21.5. The molecule has 9 heteroatoms. The van der Waals surface area contributed by atoms with Gasteiger partial charge >= 0.3 is 11.7 Å². The average Bonchev–Trinajstić information content (AvgIpc) is 2.97. The Hall–Kier alpha value is -2.13. The largest absolute Gasteiger partial charge is 0.463 e. The van der Waals surface area contributed by atoms with E-state index in [4.69, 9.17) is 9.15 Å². The summed E-state index contributed by atoms with van der Waals surface area (Å²) < 4.78 is 37.9. The lowest BCUT2D eigenvalue weighted by Crippen LogP contribution is -2.62. The summed E-state index contributed by atoms with van der Waals surface area (Å²) in [6.07, 6.45) is 3.47. The molecule has 1 N–H and O–H groups in total. The molecule has 1 aliphatic carbocycles.